The van der Waals surface area contributed by atoms with E-state index in [1.807, 2.05) is 18.2 Å². The monoisotopic (exact) mass is 288 g/mol. The molecule has 0 saturated heterocycles. The predicted octanol–water partition coefficient (Wildman–Crippen LogP) is 3.18. The average Bonchev–Trinajstić information content (AvgIpc) is 2.34. The van der Waals surface area contributed by atoms with Gasteiger partial charge in [0.1, 0.15) is 0 Å². The molecule has 0 aromatic heterocycles. The number of carbonyl (C=O) groups excluding carboxylic acids is 1. The molecule has 3 nitrogen and oxygen atoms in total. The van der Waals surface area contributed by atoms with Crippen LogP contribution in [0.2, 0.25) is 0 Å². The summed E-state index contributed by atoms with van der Waals surface area (Å²) < 4.78 is 0. The van der Waals surface area contributed by atoms with E-state index >= 15 is 0 Å². The molecule has 0 saturated carbocycles. The minimum absolute atomic E-state index is 0.146. The summed E-state index contributed by atoms with van der Waals surface area (Å²) in [6, 6.07) is 9.07. The van der Waals surface area contributed by atoms with Crippen LogP contribution in [-0.2, 0) is 0 Å². The van der Waals surface area contributed by atoms with Gasteiger partial charge in [-0.1, -0.05) is 29.8 Å². The van der Waals surface area contributed by atoms with Gasteiger partial charge in [-0.25, -0.2) is 0 Å². The number of allylic oxidation sites excluding steroid dienone is 1. The zero-order valence-electron chi connectivity index (χ0n) is 11.9. The van der Waals surface area contributed by atoms with Gasteiger partial charge >= 0.3 is 0 Å². The molecule has 106 valence electrons. The van der Waals surface area contributed by atoms with Gasteiger partial charge in [-0.2, -0.15) is 0 Å². The molecule has 20 heavy (non-hydrogen) atoms. The fourth-order valence-corrected chi connectivity index (χ4v) is 2.59. The van der Waals surface area contributed by atoms with Crippen LogP contribution >= 0.6 is 12.2 Å². The van der Waals surface area contributed by atoms with Gasteiger partial charge in [0.05, 0.1) is 0 Å². The molecule has 0 fully saturated rings. The van der Waals surface area contributed by atoms with Crippen molar-refractivity contribution >= 4 is 23.2 Å². The Morgan fingerprint density at radius 2 is 1.95 bits per heavy atom. The van der Waals surface area contributed by atoms with E-state index in [1.54, 1.807) is 12.1 Å². The third kappa shape index (κ3) is 4.17. The largest absolute Gasteiger partial charge is 0.357 e. The Hall–Kier alpha value is -1.68. The second kappa shape index (κ2) is 6.18. The number of benzene rings is 1. The van der Waals surface area contributed by atoms with Crippen LogP contribution in [0.1, 0.15) is 43.5 Å². The third-order valence-corrected chi connectivity index (χ3v) is 3.49. The van der Waals surface area contributed by atoms with Gasteiger partial charge in [-0.05, 0) is 57.5 Å². The first kappa shape index (κ1) is 14.7. The maximum atomic E-state index is 12.0. The van der Waals surface area contributed by atoms with Gasteiger partial charge < -0.3 is 5.32 Å². The molecule has 2 rings (SSSR count). The molecule has 1 aliphatic rings. The van der Waals surface area contributed by atoms with Crippen LogP contribution in [0, 0.1) is 0 Å². The number of hydrogen-bond donors (Lipinski definition) is 2. The molecule has 1 aromatic rings. The first-order chi connectivity index (χ1) is 9.46. The van der Waals surface area contributed by atoms with Crippen molar-refractivity contribution in [3.8, 4) is 0 Å². The van der Waals surface area contributed by atoms with E-state index in [-0.39, 0.29) is 11.4 Å². The third-order valence-electron chi connectivity index (χ3n) is 3.28. The van der Waals surface area contributed by atoms with Crippen LogP contribution < -0.4 is 10.6 Å². The van der Waals surface area contributed by atoms with E-state index in [1.165, 1.54) is 18.4 Å². The molecule has 0 radical (unpaired) electrons. The highest BCUT2D eigenvalue weighted by Crippen LogP contribution is 2.26. The van der Waals surface area contributed by atoms with E-state index in [2.05, 4.69) is 30.6 Å². The lowest BCUT2D eigenvalue weighted by molar-refractivity contribution is 0.0976. The summed E-state index contributed by atoms with van der Waals surface area (Å²) in [6.07, 6.45) is 5.57. The fraction of sp³-hybridized carbons (Fsp3) is 0.375. The lowest BCUT2D eigenvalue weighted by Crippen LogP contribution is -2.50. The summed E-state index contributed by atoms with van der Waals surface area (Å²) in [6.45, 7) is 4.18. The second-order valence-corrected chi connectivity index (χ2v) is 6.14. The molecular formula is C16H20N2OS. The maximum absolute atomic E-state index is 12.0. The zero-order chi connectivity index (χ0) is 14.6. The summed E-state index contributed by atoms with van der Waals surface area (Å²) >= 11 is 5.22. The first-order valence-electron chi connectivity index (χ1n) is 6.83. The highest BCUT2D eigenvalue weighted by Gasteiger charge is 2.23. The standard InChI is InChI=1S/C16H20N2OS/c1-16(2,11-12-7-6-8-12)18-15(20)17-14(19)13-9-4-3-5-10-13/h3-5,7,9-10H,6,8,11H2,1-2H3,(H2,17,18,19,20). The summed E-state index contributed by atoms with van der Waals surface area (Å²) in [7, 11) is 0. The Kier molecular flexibility index (Phi) is 4.55. The molecule has 0 bridgehead atoms. The van der Waals surface area contributed by atoms with Gasteiger partial charge in [0.25, 0.3) is 5.91 Å². The van der Waals surface area contributed by atoms with Crippen molar-refractivity contribution in [3.05, 3.63) is 47.5 Å². The number of carbonyl (C=O) groups is 1. The van der Waals surface area contributed by atoms with E-state index in [4.69, 9.17) is 12.2 Å². The molecule has 0 unspecified atom stereocenters. The fourth-order valence-electron chi connectivity index (χ4n) is 2.22. The zero-order valence-corrected chi connectivity index (χ0v) is 12.7. The van der Waals surface area contributed by atoms with Crippen LogP contribution in [0.5, 0.6) is 0 Å². The Morgan fingerprint density at radius 1 is 1.30 bits per heavy atom. The number of rotatable bonds is 4. The SMILES string of the molecule is CC(C)(CC1=CCC1)NC(=S)NC(=O)c1ccccc1. The minimum atomic E-state index is -0.179. The molecular weight excluding hydrogens is 268 g/mol. The summed E-state index contributed by atoms with van der Waals surface area (Å²) in [5, 5.41) is 6.32. The Morgan fingerprint density at radius 3 is 2.50 bits per heavy atom. The van der Waals surface area contributed by atoms with Gasteiger partial charge in [-0.3, -0.25) is 10.1 Å². The number of nitrogens with one attached hydrogen (secondary N) is 2. The van der Waals surface area contributed by atoms with E-state index in [9.17, 15) is 4.79 Å². The van der Waals surface area contributed by atoms with Gasteiger partial charge in [-0.15, -0.1) is 0 Å². The molecule has 0 aliphatic heterocycles. The first-order valence-corrected chi connectivity index (χ1v) is 7.23. The highest BCUT2D eigenvalue weighted by atomic mass is 32.1. The Labute approximate surface area is 125 Å². The van der Waals surface area contributed by atoms with Crippen molar-refractivity contribution in [2.45, 2.75) is 38.6 Å². The summed E-state index contributed by atoms with van der Waals surface area (Å²) in [5.74, 6) is -0.179. The lowest BCUT2D eigenvalue weighted by atomic mass is 9.87. The molecule has 1 aromatic carbocycles. The normalized spacial score (nSPS) is 14.0. The van der Waals surface area contributed by atoms with Crippen molar-refractivity contribution in [3.63, 3.8) is 0 Å². The van der Waals surface area contributed by atoms with Crippen molar-refractivity contribution in [1.82, 2.24) is 10.6 Å². The predicted molar refractivity (Wildman–Crippen MR) is 85.7 cm³/mol. The van der Waals surface area contributed by atoms with Crippen LogP contribution in [0.25, 0.3) is 0 Å². The smallest absolute Gasteiger partial charge is 0.257 e. The minimum Gasteiger partial charge on any atom is -0.357 e. The number of amides is 1. The quantitative estimate of drug-likeness (QED) is 0.660. The van der Waals surface area contributed by atoms with Crippen molar-refractivity contribution in [1.29, 1.82) is 0 Å². The molecule has 4 heteroatoms. The van der Waals surface area contributed by atoms with Gasteiger partial charge in [0.2, 0.25) is 0 Å². The Balaban J connectivity index is 1.87. The highest BCUT2D eigenvalue weighted by molar-refractivity contribution is 7.80. The number of thiocarbonyl (C=S) groups is 1. The lowest BCUT2D eigenvalue weighted by Gasteiger charge is -2.31. The van der Waals surface area contributed by atoms with Crippen molar-refractivity contribution < 1.29 is 4.79 Å². The Bertz CT molecular complexity index is 535. The van der Waals surface area contributed by atoms with E-state index < -0.39 is 0 Å². The van der Waals surface area contributed by atoms with Crippen LogP contribution in [0.15, 0.2) is 42.0 Å². The number of hydrogen-bond acceptors (Lipinski definition) is 2. The van der Waals surface area contributed by atoms with E-state index in [0.717, 1.165) is 6.42 Å². The van der Waals surface area contributed by atoms with Crippen LogP contribution in [-0.4, -0.2) is 16.6 Å². The van der Waals surface area contributed by atoms with Crippen molar-refractivity contribution in [2.75, 3.05) is 0 Å². The summed E-state index contributed by atoms with van der Waals surface area (Å²) in [4.78, 5) is 12.0. The van der Waals surface area contributed by atoms with Gasteiger partial charge in [0, 0.05) is 11.1 Å². The molecule has 0 atom stereocenters. The van der Waals surface area contributed by atoms with Crippen LogP contribution in [0.4, 0.5) is 0 Å². The maximum Gasteiger partial charge on any atom is 0.257 e. The average molecular weight is 288 g/mol. The molecule has 0 heterocycles. The van der Waals surface area contributed by atoms with E-state index in [0.29, 0.717) is 10.7 Å². The molecule has 1 aliphatic carbocycles. The van der Waals surface area contributed by atoms with Crippen LogP contribution in [0.3, 0.4) is 0 Å². The summed E-state index contributed by atoms with van der Waals surface area (Å²) in [5.41, 5.74) is 1.92. The molecule has 2 N–H and O–H groups in total. The van der Waals surface area contributed by atoms with Gasteiger partial charge in [0.15, 0.2) is 5.11 Å². The molecule has 1 amide bonds. The topological polar surface area (TPSA) is 41.1 Å². The van der Waals surface area contributed by atoms with Crippen molar-refractivity contribution in [2.24, 2.45) is 0 Å². The second-order valence-electron chi connectivity index (χ2n) is 5.74. The molecule has 0 spiro atoms.